The van der Waals surface area contributed by atoms with Gasteiger partial charge in [-0.05, 0) is 51.1 Å². The summed E-state index contributed by atoms with van der Waals surface area (Å²) in [5.41, 5.74) is 0.948. The molecule has 1 heterocycles. The van der Waals surface area contributed by atoms with Gasteiger partial charge in [0.05, 0.1) is 16.8 Å². The summed E-state index contributed by atoms with van der Waals surface area (Å²) in [6.45, 7) is 5.30. The lowest BCUT2D eigenvalue weighted by atomic mass is 10.1. The van der Waals surface area contributed by atoms with Crippen LogP contribution < -0.4 is 10.2 Å². The van der Waals surface area contributed by atoms with Crippen molar-refractivity contribution < 1.29 is 19.1 Å². The Balaban J connectivity index is 1.85. The van der Waals surface area contributed by atoms with Gasteiger partial charge in [0.2, 0.25) is 0 Å². The number of ether oxygens (including phenoxy) is 1. The highest BCUT2D eigenvalue weighted by atomic mass is 16.6. The first-order chi connectivity index (χ1) is 11.8. The SMILES string of the molecule is CC(C)(C)OC(=O)Nc1cccc(N2C(=O)c3ccccc3C2=O)c1. The highest BCUT2D eigenvalue weighted by molar-refractivity contribution is 6.34. The molecule has 2 aromatic carbocycles. The Kier molecular flexibility index (Phi) is 4.04. The molecule has 0 spiro atoms. The number of nitrogens with one attached hydrogen (secondary N) is 1. The van der Waals surface area contributed by atoms with Crippen LogP contribution in [-0.2, 0) is 4.74 Å². The number of rotatable bonds is 2. The van der Waals surface area contributed by atoms with Crippen molar-refractivity contribution in [1.29, 1.82) is 0 Å². The molecule has 0 bridgehead atoms. The summed E-state index contributed by atoms with van der Waals surface area (Å²) in [7, 11) is 0. The molecule has 1 aliphatic heterocycles. The zero-order valence-electron chi connectivity index (χ0n) is 14.2. The van der Waals surface area contributed by atoms with Gasteiger partial charge in [0.25, 0.3) is 11.8 Å². The molecule has 2 aromatic rings. The van der Waals surface area contributed by atoms with Crippen LogP contribution in [-0.4, -0.2) is 23.5 Å². The second-order valence-corrected chi connectivity index (χ2v) is 6.67. The normalized spacial score (nSPS) is 13.6. The Morgan fingerprint density at radius 1 is 0.960 bits per heavy atom. The van der Waals surface area contributed by atoms with Crippen molar-refractivity contribution in [3.8, 4) is 0 Å². The van der Waals surface area contributed by atoms with Crippen molar-refractivity contribution in [2.24, 2.45) is 0 Å². The summed E-state index contributed by atoms with van der Waals surface area (Å²) in [4.78, 5) is 38.0. The van der Waals surface area contributed by atoms with E-state index in [0.29, 0.717) is 22.5 Å². The van der Waals surface area contributed by atoms with Gasteiger partial charge in [0.15, 0.2) is 0 Å². The van der Waals surface area contributed by atoms with Crippen LogP contribution in [0.2, 0.25) is 0 Å². The molecule has 1 aliphatic rings. The number of carbonyl (C=O) groups excluding carboxylic acids is 3. The topological polar surface area (TPSA) is 75.7 Å². The van der Waals surface area contributed by atoms with Gasteiger partial charge in [-0.25, -0.2) is 9.69 Å². The molecule has 25 heavy (non-hydrogen) atoms. The number of hydrogen-bond acceptors (Lipinski definition) is 4. The molecule has 128 valence electrons. The summed E-state index contributed by atoms with van der Waals surface area (Å²) in [5.74, 6) is -0.759. The van der Waals surface area contributed by atoms with E-state index in [-0.39, 0.29) is 11.8 Å². The van der Waals surface area contributed by atoms with Crippen molar-refractivity contribution in [1.82, 2.24) is 0 Å². The number of hydrogen-bond donors (Lipinski definition) is 1. The van der Waals surface area contributed by atoms with Gasteiger partial charge in [0.1, 0.15) is 5.60 Å². The maximum Gasteiger partial charge on any atom is 0.412 e. The molecule has 0 radical (unpaired) electrons. The Morgan fingerprint density at radius 2 is 1.56 bits per heavy atom. The van der Waals surface area contributed by atoms with Crippen molar-refractivity contribution in [2.75, 3.05) is 10.2 Å². The third kappa shape index (κ3) is 3.38. The average Bonchev–Trinajstić information content (AvgIpc) is 2.78. The van der Waals surface area contributed by atoms with Crippen LogP contribution in [0.3, 0.4) is 0 Å². The number of carbonyl (C=O) groups is 3. The molecule has 3 rings (SSSR count). The fraction of sp³-hybridized carbons (Fsp3) is 0.211. The summed E-state index contributed by atoms with van der Waals surface area (Å²) in [6.07, 6.45) is -0.605. The molecule has 3 amide bonds. The van der Waals surface area contributed by atoms with Crippen molar-refractivity contribution in [3.63, 3.8) is 0 Å². The van der Waals surface area contributed by atoms with Gasteiger partial charge in [-0.3, -0.25) is 14.9 Å². The summed E-state index contributed by atoms with van der Waals surface area (Å²) in [6, 6.07) is 13.2. The zero-order valence-corrected chi connectivity index (χ0v) is 14.2. The highest BCUT2D eigenvalue weighted by Crippen LogP contribution is 2.29. The lowest BCUT2D eigenvalue weighted by molar-refractivity contribution is 0.0635. The Morgan fingerprint density at radius 3 is 2.12 bits per heavy atom. The monoisotopic (exact) mass is 338 g/mol. The zero-order chi connectivity index (χ0) is 18.2. The lowest BCUT2D eigenvalue weighted by Gasteiger charge is -2.20. The molecule has 0 atom stereocenters. The maximum atomic E-state index is 12.5. The van der Waals surface area contributed by atoms with E-state index in [1.54, 1.807) is 69.3 Å². The first-order valence-electron chi connectivity index (χ1n) is 7.84. The largest absolute Gasteiger partial charge is 0.444 e. The van der Waals surface area contributed by atoms with Crippen LogP contribution in [0.15, 0.2) is 48.5 Å². The molecular weight excluding hydrogens is 320 g/mol. The van der Waals surface area contributed by atoms with E-state index in [4.69, 9.17) is 4.74 Å². The van der Waals surface area contributed by atoms with Crippen LogP contribution in [0.1, 0.15) is 41.5 Å². The molecular formula is C19H18N2O4. The van der Waals surface area contributed by atoms with Crippen LogP contribution in [0.4, 0.5) is 16.2 Å². The Labute approximate surface area is 145 Å². The second-order valence-electron chi connectivity index (χ2n) is 6.67. The number of nitrogens with zero attached hydrogens (tertiary/aromatic N) is 1. The fourth-order valence-corrected chi connectivity index (χ4v) is 2.57. The second kappa shape index (κ2) is 6.05. The molecule has 0 unspecified atom stereocenters. The number of imide groups is 1. The summed E-state index contributed by atoms with van der Waals surface area (Å²) in [5, 5.41) is 2.60. The van der Waals surface area contributed by atoms with Gasteiger partial charge in [-0.2, -0.15) is 0 Å². The van der Waals surface area contributed by atoms with Gasteiger partial charge < -0.3 is 4.74 Å². The molecule has 0 aliphatic carbocycles. The summed E-state index contributed by atoms with van der Waals surface area (Å²) < 4.78 is 5.20. The smallest absolute Gasteiger partial charge is 0.412 e. The van der Waals surface area contributed by atoms with E-state index in [9.17, 15) is 14.4 Å². The first-order valence-corrected chi connectivity index (χ1v) is 7.84. The van der Waals surface area contributed by atoms with Gasteiger partial charge in [0, 0.05) is 5.69 Å². The van der Waals surface area contributed by atoms with Gasteiger partial charge in [-0.1, -0.05) is 18.2 Å². The minimum atomic E-state index is -0.621. The minimum absolute atomic E-state index is 0.373. The number of amides is 3. The third-order valence-electron chi connectivity index (χ3n) is 3.54. The van der Waals surface area contributed by atoms with E-state index in [1.807, 2.05) is 0 Å². The molecule has 0 saturated heterocycles. The molecule has 0 fully saturated rings. The first kappa shape index (κ1) is 16.7. The third-order valence-corrected chi connectivity index (χ3v) is 3.54. The quantitative estimate of drug-likeness (QED) is 0.844. The standard InChI is InChI=1S/C19H18N2O4/c1-19(2,3)25-18(24)20-12-7-6-8-13(11-12)21-16(22)14-9-4-5-10-15(14)17(21)23/h4-11H,1-3H3,(H,20,24). The molecule has 1 N–H and O–H groups in total. The molecule has 0 saturated carbocycles. The van der Waals surface area contributed by atoms with Crippen LogP contribution in [0.5, 0.6) is 0 Å². The summed E-state index contributed by atoms with van der Waals surface area (Å²) >= 11 is 0. The fourth-order valence-electron chi connectivity index (χ4n) is 2.57. The van der Waals surface area contributed by atoms with E-state index >= 15 is 0 Å². The molecule has 6 nitrogen and oxygen atoms in total. The average molecular weight is 338 g/mol. The number of anilines is 2. The van der Waals surface area contributed by atoms with Crippen LogP contribution in [0, 0.1) is 0 Å². The van der Waals surface area contributed by atoms with Gasteiger partial charge in [-0.15, -0.1) is 0 Å². The van der Waals surface area contributed by atoms with Crippen molar-refractivity contribution in [3.05, 3.63) is 59.7 Å². The van der Waals surface area contributed by atoms with E-state index in [0.717, 1.165) is 4.90 Å². The Bertz CT molecular complexity index is 833. The predicted molar refractivity (Wildman–Crippen MR) is 93.9 cm³/mol. The van der Waals surface area contributed by atoms with Crippen LogP contribution in [0.25, 0.3) is 0 Å². The van der Waals surface area contributed by atoms with Crippen LogP contribution >= 0.6 is 0 Å². The number of benzene rings is 2. The van der Waals surface area contributed by atoms with Crippen molar-refractivity contribution >= 4 is 29.3 Å². The minimum Gasteiger partial charge on any atom is -0.444 e. The van der Waals surface area contributed by atoms with E-state index in [2.05, 4.69) is 5.32 Å². The lowest BCUT2D eigenvalue weighted by Crippen LogP contribution is -2.29. The number of fused-ring (bicyclic) bond motifs is 1. The highest BCUT2D eigenvalue weighted by Gasteiger charge is 2.36. The maximum absolute atomic E-state index is 12.5. The Hall–Kier alpha value is -3.15. The molecule has 6 heteroatoms. The molecule has 0 aromatic heterocycles. The van der Waals surface area contributed by atoms with Gasteiger partial charge >= 0.3 is 6.09 Å². The van der Waals surface area contributed by atoms with E-state index < -0.39 is 11.7 Å². The van der Waals surface area contributed by atoms with Crippen molar-refractivity contribution in [2.45, 2.75) is 26.4 Å². The predicted octanol–water partition coefficient (Wildman–Crippen LogP) is 3.83. The van der Waals surface area contributed by atoms with E-state index in [1.165, 1.54) is 0 Å².